The molecule has 29 heavy (non-hydrogen) atoms. The zero-order valence-electron chi connectivity index (χ0n) is 16.2. The summed E-state index contributed by atoms with van der Waals surface area (Å²) < 4.78 is 0. The molecule has 0 saturated heterocycles. The lowest BCUT2D eigenvalue weighted by Crippen LogP contribution is -2.20. The number of hydrogen-bond acceptors (Lipinski definition) is 4. The van der Waals surface area contributed by atoms with Gasteiger partial charge in [0.2, 0.25) is 0 Å². The van der Waals surface area contributed by atoms with Crippen LogP contribution in [0, 0.1) is 5.92 Å². The van der Waals surface area contributed by atoms with E-state index in [9.17, 15) is 4.79 Å². The Balaban J connectivity index is 1.25. The standard InChI is InChI=1S/C24H24N4O/c29-24(28-20-7-2-5-18(13-20)23-25-10-3-11-26-23)19-6-1-4-17(12-19)21-14-22(21)27-15-16-8-9-16/h1-7,10-13,16,21-22,27H,8-9,14-15H2,(H,28,29)/t21-,22+/m0/s1. The Labute approximate surface area is 170 Å². The number of rotatable bonds is 7. The number of hydrogen-bond donors (Lipinski definition) is 2. The molecule has 0 spiro atoms. The Hall–Kier alpha value is -3.05. The van der Waals surface area contributed by atoms with E-state index in [0.29, 0.717) is 23.3 Å². The van der Waals surface area contributed by atoms with Crippen LogP contribution < -0.4 is 10.6 Å². The minimum absolute atomic E-state index is 0.0962. The minimum atomic E-state index is -0.0962. The highest BCUT2D eigenvalue weighted by Crippen LogP contribution is 2.41. The van der Waals surface area contributed by atoms with Crippen molar-refractivity contribution in [1.29, 1.82) is 0 Å². The van der Waals surface area contributed by atoms with Gasteiger partial charge in [-0.25, -0.2) is 9.97 Å². The molecule has 0 bridgehead atoms. The van der Waals surface area contributed by atoms with Crippen molar-refractivity contribution < 1.29 is 4.79 Å². The molecule has 146 valence electrons. The summed E-state index contributed by atoms with van der Waals surface area (Å²) in [5.74, 6) is 1.97. The molecule has 2 aromatic carbocycles. The highest BCUT2D eigenvalue weighted by atomic mass is 16.1. The molecule has 0 unspecified atom stereocenters. The van der Waals surface area contributed by atoms with Crippen molar-refractivity contribution >= 4 is 11.6 Å². The van der Waals surface area contributed by atoms with Crippen LogP contribution in [0.15, 0.2) is 67.0 Å². The van der Waals surface area contributed by atoms with Gasteiger partial charge in [0.25, 0.3) is 5.91 Å². The Kier molecular flexibility index (Phi) is 4.82. The molecule has 5 heteroatoms. The number of carbonyl (C=O) groups excluding carboxylic acids is 1. The molecule has 2 aliphatic rings. The van der Waals surface area contributed by atoms with Crippen molar-refractivity contribution in [3.05, 3.63) is 78.1 Å². The van der Waals surface area contributed by atoms with Crippen molar-refractivity contribution in [1.82, 2.24) is 15.3 Å². The van der Waals surface area contributed by atoms with E-state index in [1.165, 1.54) is 18.4 Å². The highest BCUT2D eigenvalue weighted by molar-refractivity contribution is 6.04. The molecule has 5 nitrogen and oxygen atoms in total. The Morgan fingerprint density at radius 2 is 1.83 bits per heavy atom. The molecule has 5 rings (SSSR count). The molecule has 2 aliphatic carbocycles. The van der Waals surface area contributed by atoms with Crippen LogP contribution in [0.25, 0.3) is 11.4 Å². The maximum Gasteiger partial charge on any atom is 0.255 e. The summed E-state index contributed by atoms with van der Waals surface area (Å²) >= 11 is 0. The van der Waals surface area contributed by atoms with Crippen LogP contribution in [0.2, 0.25) is 0 Å². The monoisotopic (exact) mass is 384 g/mol. The van der Waals surface area contributed by atoms with Gasteiger partial charge in [-0.2, -0.15) is 0 Å². The van der Waals surface area contributed by atoms with E-state index < -0.39 is 0 Å². The molecule has 1 heterocycles. The highest BCUT2D eigenvalue weighted by Gasteiger charge is 2.39. The number of aromatic nitrogens is 2. The maximum atomic E-state index is 12.8. The van der Waals surface area contributed by atoms with Crippen molar-refractivity contribution in [3.8, 4) is 11.4 Å². The quantitative estimate of drug-likeness (QED) is 0.639. The Morgan fingerprint density at radius 1 is 1.00 bits per heavy atom. The fourth-order valence-corrected chi connectivity index (χ4v) is 3.73. The normalized spacial score (nSPS) is 20.3. The molecular weight excluding hydrogens is 360 g/mol. The van der Waals surface area contributed by atoms with Gasteiger partial charge >= 0.3 is 0 Å². The zero-order valence-corrected chi connectivity index (χ0v) is 16.2. The molecule has 2 fully saturated rings. The third kappa shape index (κ3) is 4.35. The minimum Gasteiger partial charge on any atom is -0.322 e. The second-order valence-electron chi connectivity index (χ2n) is 8.03. The van der Waals surface area contributed by atoms with Gasteiger partial charge in [0.05, 0.1) is 0 Å². The summed E-state index contributed by atoms with van der Waals surface area (Å²) in [7, 11) is 0. The van der Waals surface area contributed by atoms with Crippen LogP contribution in [0.3, 0.4) is 0 Å². The third-order valence-electron chi connectivity index (χ3n) is 5.68. The van der Waals surface area contributed by atoms with E-state index >= 15 is 0 Å². The van der Waals surface area contributed by atoms with E-state index in [1.807, 2.05) is 42.5 Å². The van der Waals surface area contributed by atoms with Gasteiger partial charge in [0, 0.05) is 41.2 Å². The van der Waals surface area contributed by atoms with Crippen molar-refractivity contribution in [2.24, 2.45) is 5.92 Å². The van der Waals surface area contributed by atoms with Crippen molar-refractivity contribution in [2.75, 3.05) is 11.9 Å². The number of carbonyl (C=O) groups is 1. The number of nitrogens with zero attached hydrogens (tertiary/aromatic N) is 2. The first-order chi connectivity index (χ1) is 14.3. The van der Waals surface area contributed by atoms with E-state index in [4.69, 9.17) is 0 Å². The summed E-state index contributed by atoms with van der Waals surface area (Å²) in [6.45, 7) is 1.14. The maximum absolute atomic E-state index is 12.8. The third-order valence-corrected chi connectivity index (χ3v) is 5.68. The van der Waals surface area contributed by atoms with Gasteiger partial charge in [-0.15, -0.1) is 0 Å². The lowest BCUT2D eigenvalue weighted by atomic mass is 10.1. The summed E-state index contributed by atoms with van der Waals surface area (Å²) in [4.78, 5) is 21.3. The number of benzene rings is 2. The van der Waals surface area contributed by atoms with E-state index in [1.54, 1.807) is 18.5 Å². The van der Waals surface area contributed by atoms with E-state index in [2.05, 4.69) is 26.7 Å². The van der Waals surface area contributed by atoms with Crippen molar-refractivity contribution in [3.63, 3.8) is 0 Å². The second kappa shape index (κ2) is 7.76. The second-order valence-corrected chi connectivity index (χ2v) is 8.03. The van der Waals surface area contributed by atoms with Crippen LogP contribution >= 0.6 is 0 Å². The first-order valence-corrected chi connectivity index (χ1v) is 10.3. The predicted molar refractivity (Wildman–Crippen MR) is 114 cm³/mol. The lowest BCUT2D eigenvalue weighted by Gasteiger charge is -2.09. The lowest BCUT2D eigenvalue weighted by molar-refractivity contribution is 0.102. The molecule has 0 radical (unpaired) electrons. The van der Waals surface area contributed by atoms with Gasteiger partial charge in [-0.3, -0.25) is 4.79 Å². The molecule has 2 saturated carbocycles. The fraction of sp³-hybridized carbons (Fsp3) is 0.292. The smallest absolute Gasteiger partial charge is 0.255 e. The summed E-state index contributed by atoms with van der Waals surface area (Å²) in [5.41, 5.74) is 3.55. The Morgan fingerprint density at radius 3 is 2.66 bits per heavy atom. The first kappa shape index (κ1) is 18.0. The van der Waals surface area contributed by atoms with Gasteiger partial charge in [0.1, 0.15) is 0 Å². The molecular formula is C24H24N4O. The molecule has 2 atom stereocenters. The number of nitrogens with one attached hydrogen (secondary N) is 2. The average Bonchev–Trinajstić information content (AvgIpc) is 3.68. The molecule has 3 aromatic rings. The van der Waals surface area contributed by atoms with Gasteiger partial charge in [-0.1, -0.05) is 24.3 Å². The predicted octanol–water partition coefficient (Wildman–Crippen LogP) is 4.25. The zero-order chi connectivity index (χ0) is 19.6. The van der Waals surface area contributed by atoms with Crippen LogP contribution in [0.5, 0.6) is 0 Å². The van der Waals surface area contributed by atoms with Crippen LogP contribution in [0.1, 0.15) is 41.1 Å². The topological polar surface area (TPSA) is 66.9 Å². The molecule has 1 aromatic heterocycles. The van der Waals surface area contributed by atoms with Gasteiger partial charge < -0.3 is 10.6 Å². The number of anilines is 1. The molecule has 1 amide bonds. The average molecular weight is 384 g/mol. The molecule has 0 aliphatic heterocycles. The van der Waals surface area contributed by atoms with E-state index in [0.717, 1.165) is 30.1 Å². The van der Waals surface area contributed by atoms with E-state index in [-0.39, 0.29) is 5.91 Å². The summed E-state index contributed by atoms with van der Waals surface area (Å²) in [5, 5.41) is 6.67. The summed E-state index contributed by atoms with van der Waals surface area (Å²) in [6, 6.07) is 18.0. The van der Waals surface area contributed by atoms with Crippen LogP contribution in [-0.4, -0.2) is 28.5 Å². The number of amides is 1. The molecule has 2 N–H and O–H groups in total. The van der Waals surface area contributed by atoms with Gasteiger partial charge in [0.15, 0.2) is 5.82 Å². The van der Waals surface area contributed by atoms with Gasteiger partial charge in [-0.05, 0) is 67.6 Å². The SMILES string of the molecule is O=C(Nc1cccc(-c2ncccn2)c1)c1cccc([C@@H]2C[C@H]2NCC2CC2)c1. The van der Waals surface area contributed by atoms with Crippen molar-refractivity contribution in [2.45, 2.75) is 31.2 Å². The Bertz CT molecular complexity index is 1020. The summed E-state index contributed by atoms with van der Waals surface area (Å²) in [6.07, 6.45) is 7.33. The van der Waals surface area contributed by atoms with Crippen LogP contribution in [0.4, 0.5) is 5.69 Å². The fourth-order valence-electron chi connectivity index (χ4n) is 3.73. The first-order valence-electron chi connectivity index (χ1n) is 10.3. The van der Waals surface area contributed by atoms with Crippen LogP contribution in [-0.2, 0) is 0 Å². The largest absolute Gasteiger partial charge is 0.322 e.